The van der Waals surface area contributed by atoms with Crippen LogP contribution in [0.4, 0.5) is 0 Å². The smallest absolute Gasteiger partial charge is 0.0354 e. The summed E-state index contributed by atoms with van der Waals surface area (Å²) >= 11 is 9.77. The van der Waals surface area contributed by atoms with Crippen LogP contribution in [0.1, 0.15) is 0 Å². The number of hydrogen-bond donors (Lipinski definition) is 0. The molecule has 2 aromatic rings. The molecule has 1 unspecified atom stereocenters. The number of thioether (sulfide) groups is 2. The third-order valence-electron chi connectivity index (χ3n) is 2.40. The second-order valence-electron chi connectivity index (χ2n) is 3.83. The highest BCUT2D eigenvalue weighted by Crippen LogP contribution is 2.29. The first-order chi connectivity index (χ1) is 8.88. The summed E-state index contributed by atoms with van der Waals surface area (Å²) < 4.78 is 0. The van der Waals surface area contributed by atoms with E-state index >= 15 is 0 Å². The van der Waals surface area contributed by atoms with E-state index in [0.29, 0.717) is 11.1 Å². The number of rotatable bonds is 6. The summed E-state index contributed by atoms with van der Waals surface area (Å²) in [6, 6.07) is 20.9. The first-order valence-corrected chi connectivity index (χ1v) is 8.24. The minimum Gasteiger partial charge on any atom is -0.125 e. The molecule has 0 spiro atoms. The molecule has 94 valence electrons. The van der Waals surface area contributed by atoms with Crippen molar-refractivity contribution >= 4 is 35.1 Å². The number of hydrogen-bond acceptors (Lipinski definition) is 2. The predicted octanol–water partition coefficient (Wildman–Crippen LogP) is 5.18. The molecule has 3 heteroatoms. The van der Waals surface area contributed by atoms with Crippen molar-refractivity contribution < 1.29 is 0 Å². The van der Waals surface area contributed by atoms with Gasteiger partial charge in [0, 0.05) is 26.7 Å². The normalized spacial score (nSPS) is 12.3. The molecule has 0 bridgehead atoms. The summed E-state index contributed by atoms with van der Waals surface area (Å²) in [5.41, 5.74) is 0. The molecule has 18 heavy (non-hydrogen) atoms. The van der Waals surface area contributed by atoms with Gasteiger partial charge in [0.05, 0.1) is 0 Å². The van der Waals surface area contributed by atoms with Gasteiger partial charge in [-0.1, -0.05) is 36.4 Å². The molecule has 0 aliphatic carbocycles. The Morgan fingerprint density at radius 1 is 0.833 bits per heavy atom. The molecule has 0 heterocycles. The monoisotopic (exact) mass is 294 g/mol. The zero-order valence-corrected chi connectivity index (χ0v) is 12.3. The van der Waals surface area contributed by atoms with Crippen molar-refractivity contribution in [2.24, 2.45) is 0 Å². The Kier molecular flexibility index (Phi) is 5.98. The SMILES string of the molecule is ClCC(CSc1ccccc1)Sc1ccccc1. The molecule has 2 aromatic carbocycles. The van der Waals surface area contributed by atoms with E-state index in [1.807, 2.05) is 35.7 Å². The maximum atomic E-state index is 6.05. The zero-order chi connectivity index (χ0) is 12.6. The van der Waals surface area contributed by atoms with Crippen LogP contribution < -0.4 is 0 Å². The van der Waals surface area contributed by atoms with Gasteiger partial charge in [-0.15, -0.1) is 35.1 Å². The van der Waals surface area contributed by atoms with Gasteiger partial charge < -0.3 is 0 Å². The minimum atomic E-state index is 0.444. The summed E-state index contributed by atoms with van der Waals surface area (Å²) in [7, 11) is 0. The fourth-order valence-corrected chi connectivity index (χ4v) is 4.02. The Bertz CT molecular complexity index is 445. The standard InChI is InChI=1S/C15H15ClS2/c16-11-15(18-14-9-5-2-6-10-14)12-17-13-7-3-1-4-8-13/h1-10,15H,11-12H2. The van der Waals surface area contributed by atoms with E-state index in [4.69, 9.17) is 11.6 Å². The molecule has 0 radical (unpaired) electrons. The number of alkyl halides is 1. The Balaban J connectivity index is 1.86. The molecule has 0 saturated carbocycles. The summed E-state index contributed by atoms with van der Waals surface area (Å²) in [6.07, 6.45) is 0. The highest BCUT2D eigenvalue weighted by molar-refractivity contribution is 8.03. The molecule has 2 rings (SSSR count). The van der Waals surface area contributed by atoms with Crippen molar-refractivity contribution in [2.75, 3.05) is 11.6 Å². The van der Waals surface area contributed by atoms with E-state index in [-0.39, 0.29) is 0 Å². The Labute approximate surface area is 122 Å². The highest BCUT2D eigenvalue weighted by Gasteiger charge is 2.09. The quantitative estimate of drug-likeness (QED) is 0.532. The number of halogens is 1. The van der Waals surface area contributed by atoms with Gasteiger partial charge in [0.15, 0.2) is 0 Å². The van der Waals surface area contributed by atoms with Crippen molar-refractivity contribution in [1.29, 1.82) is 0 Å². The predicted molar refractivity (Wildman–Crippen MR) is 84.0 cm³/mol. The van der Waals surface area contributed by atoms with Gasteiger partial charge in [0.25, 0.3) is 0 Å². The van der Waals surface area contributed by atoms with E-state index in [0.717, 1.165) is 5.75 Å². The van der Waals surface area contributed by atoms with Gasteiger partial charge in [-0.05, 0) is 24.3 Å². The van der Waals surface area contributed by atoms with Gasteiger partial charge in [-0.3, -0.25) is 0 Å². The van der Waals surface area contributed by atoms with Gasteiger partial charge in [-0.2, -0.15) is 0 Å². The molecular weight excluding hydrogens is 280 g/mol. The first-order valence-electron chi connectivity index (χ1n) is 5.84. The van der Waals surface area contributed by atoms with Crippen LogP contribution in [-0.2, 0) is 0 Å². The molecule has 0 nitrogen and oxygen atoms in total. The van der Waals surface area contributed by atoms with Crippen LogP contribution in [0.5, 0.6) is 0 Å². The lowest BCUT2D eigenvalue weighted by molar-refractivity contribution is 1.13. The lowest BCUT2D eigenvalue weighted by atomic mass is 10.4. The first kappa shape index (κ1) is 13.9. The molecule has 0 aromatic heterocycles. The zero-order valence-electron chi connectivity index (χ0n) is 9.96. The summed E-state index contributed by atoms with van der Waals surface area (Å²) in [5, 5.41) is 0.444. The average Bonchev–Trinajstić information content (AvgIpc) is 2.45. The average molecular weight is 295 g/mol. The summed E-state index contributed by atoms with van der Waals surface area (Å²) in [6.45, 7) is 0. The van der Waals surface area contributed by atoms with E-state index in [9.17, 15) is 0 Å². The van der Waals surface area contributed by atoms with Gasteiger partial charge >= 0.3 is 0 Å². The van der Waals surface area contributed by atoms with Crippen molar-refractivity contribution in [2.45, 2.75) is 15.0 Å². The second-order valence-corrected chi connectivity index (χ2v) is 6.61. The lowest BCUT2D eigenvalue weighted by Crippen LogP contribution is -2.07. The van der Waals surface area contributed by atoms with E-state index in [2.05, 4.69) is 48.5 Å². The number of benzene rings is 2. The van der Waals surface area contributed by atoms with Crippen molar-refractivity contribution in [3.63, 3.8) is 0 Å². The van der Waals surface area contributed by atoms with Crippen LogP contribution in [0.3, 0.4) is 0 Å². The van der Waals surface area contributed by atoms with Gasteiger partial charge in [0.2, 0.25) is 0 Å². The molecule has 1 atom stereocenters. The third-order valence-corrected chi connectivity index (χ3v) is 5.55. The summed E-state index contributed by atoms with van der Waals surface area (Å²) in [5.74, 6) is 1.71. The van der Waals surface area contributed by atoms with Crippen LogP contribution in [0.15, 0.2) is 70.5 Å². The van der Waals surface area contributed by atoms with Gasteiger partial charge in [-0.25, -0.2) is 0 Å². The molecule has 0 amide bonds. The van der Waals surface area contributed by atoms with Crippen LogP contribution in [0.2, 0.25) is 0 Å². The van der Waals surface area contributed by atoms with E-state index in [1.165, 1.54) is 9.79 Å². The van der Waals surface area contributed by atoms with Crippen molar-refractivity contribution in [3.8, 4) is 0 Å². The van der Waals surface area contributed by atoms with Crippen LogP contribution in [0, 0.1) is 0 Å². The highest BCUT2D eigenvalue weighted by atomic mass is 35.5. The molecular formula is C15H15ClS2. The van der Waals surface area contributed by atoms with Gasteiger partial charge in [0.1, 0.15) is 0 Å². The summed E-state index contributed by atoms with van der Waals surface area (Å²) in [4.78, 5) is 2.60. The lowest BCUT2D eigenvalue weighted by Gasteiger charge is -2.13. The Morgan fingerprint density at radius 3 is 1.94 bits per heavy atom. The fraction of sp³-hybridized carbons (Fsp3) is 0.200. The topological polar surface area (TPSA) is 0 Å². The van der Waals surface area contributed by atoms with E-state index < -0.39 is 0 Å². The largest absolute Gasteiger partial charge is 0.125 e. The molecule has 0 saturated heterocycles. The maximum absolute atomic E-state index is 6.05. The third kappa shape index (κ3) is 4.60. The molecule has 0 aliphatic rings. The van der Waals surface area contributed by atoms with Crippen LogP contribution in [0.25, 0.3) is 0 Å². The van der Waals surface area contributed by atoms with E-state index in [1.54, 1.807) is 0 Å². The molecule has 0 fully saturated rings. The maximum Gasteiger partial charge on any atom is 0.0354 e. The Morgan fingerprint density at radius 2 is 1.39 bits per heavy atom. The fourth-order valence-electron chi connectivity index (χ4n) is 1.51. The Hall–Kier alpha value is -0.570. The van der Waals surface area contributed by atoms with Crippen LogP contribution in [-0.4, -0.2) is 16.9 Å². The molecule has 0 aliphatic heterocycles. The van der Waals surface area contributed by atoms with Crippen molar-refractivity contribution in [1.82, 2.24) is 0 Å². The minimum absolute atomic E-state index is 0.444. The molecule has 0 N–H and O–H groups in total. The second kappa shape index (κ2) is 7.78. The van der Waals surface area contributed by atoms with Crippen molar-refractivity contribution in [3.05, 3.63) is 60.7 Å². The van der Waals surface area contributed by atoms with Crippen LogP contribution >= 0.6 is 35.1 Å².